The number of nitrogens with zero attached hydrogens (tertiary/aromatic N) is 1. The molecule has 3 atom stereocenters. The van der Waals surface area contributed by atoms with Gasteiger partial charge in [-0.2, -0.15) is 11.8 Å². The van der Waals surface area contributed by atoms with Crippen molar-refractivity contribution in [3.05, 3.63) is 0 Å². The maximum absolute atomic E-state index is 10.7. The average molecular weight is 217 g/mol. The van der Waals surface area contributed by atoms with E-state index in [1.807, 2.05) is 11.8 Å². The van der Waals surface area contributed by atoms with E-state index in [4.69, 9.17) is 5.11 Å². The molecule has 0 aromatic rings. The van der Waals surface area contributed by atoms with Crippen molar-refractivity contribution in [1.82, 2.24) is 4.90 Å². The fraction of sp³-hybridized carbons (Fsp3) is 0.900. The second kappa shape index (κ2) is 5.03. The van der Waals surface area contributed by atoms with Crippen LogP contribution in [-0.2, 0) is 4.79 Å². The Bertz CT molecular complexity index is 210. The fourth-order valence-corrected chi connectivity index (χ4v) is 2.85. The molecule has 1 N–H and O–H groups in total. The van der Waals surface area contributed by atoms with E-state index in [0.29, 0.717) is 17.8 Å². The molecule has 1 aliphatic rings. The summed E-state index contributed by atoms with van der Waals surface area (Å²) in [6.07, 6.45) is 0. The van der Waals surface area contributed by atoms with E-state index in [0.717, 1.165) is 12.3 Å². The zero-order valence-corrected chi connectivity index (χ0v) is 9.88. The van der Waals surface area contributed by atoms with Gasteiger partial charge in [0.15, 0.2) is 0 Å². The molecular weight excluding hydrogens is 198 g/mol. The fourth-order valence-electron chi connectivity index (χ4n) is 1.68. The summed E-state index contributed by atoms with van der Waals surface area (Å²) in [5.74, 6) is 0.175. The van der Waals surface area contributed by atoms with Gasteiger partial charge in [0.25, 0.3) is 0 Å². The molecule has 0 aromatic carbocycles. The second-order valence-electron chi connectivity index (χ2n) is 4.05. The van der Waals surface area contributed by atoms with Crippen LogP contribution < -0.4 is 0 Å². The van der Waals surface area contributed by atoms with Crippen LogP contribution in [0.25, 0.3) is 0 Å². The Balaban J connectivity index is 2.46. The number of carboxylic acid groups (broad SMARTS) is 1. The highest BCUT2D eigenvalue weighted by Gasteiger charge is 2.27. The lowest BCUT2D eigenvalue weighted by molar-refractivity contribution is -0.141. The standard InChI is InChI=1S/C10H19NO2S/c1-7(10(12)13)6-11-4-5-14-9(3)8(11)2/h7-9H,4-6H2,1-3H3,(H,12,13). The monoisotopic (exact) mass is 217 g/mol. The molecule has 1 heterocycles. The normalized spacial score (nSPS) is 31.4. The van der Waals surface area contributed by atoms with Gasteiger partial charge in [0.1, 0.15) is 0 Å². The first-order valence-corrected chi connectivity index (χ1v) is 6.15. The SMILES string of the molecule is CC(CN1CCSC(C)C1C)C(=O)O. The lowest BCUT2D eigenvalue weighted by Gasteiger charge is -2.38. The summed E-state index contributed by atoms with van der Waals surface area (Å²) >= 11 is 1.98. The molecule has 82 valence electrons. The summed E-state index contributed by atoms with van der Waals surface area (Å²) in [7, 11) is 0. The van der Waals surface area contributed by atoms with Crippen LogP contribution in [0.15, 0.2) is 0 Å². The first-order chi connectivity index (χ1) is 6.52. The molecule has 0 aromatic heterocycles. The Labute approximate surface area is 89.9 Å². The van der Waals surface area contributed by atoms with Gasteiger partial charge in [0, 0.05) is 30.1 Å². The molecule has 0 radical (unpaired) electrons. The van der Waals surface area contributed by atoms with Crippen molar-refractivity contribution >= 4 is 17.7 Å². The van der Waals surface area contributed by atoms with Gasteiger partial charge in [-0.05, 0) is 6.92 Å². The smallest absolute Gasteiger partial charge is 0.307 e. The predicted octanol–water partition coefficient (Wildman–Crippen LogP) is 1.53. The Morgan fingerprint density at radius 3 is 2.86 bits per heavy atom. The largest absolute Gasteiger partial charge is 0.481 e. The van der Waals surface area contributed by atoms with Gasteiger partial charge in [-0.3, -0.25) is 9.69 Å². The van der Waals surface area contributed by atoms with Crippen LogP contribution in [0.4, 0.5) is 0 Å². The van der Waals surface area contributed by atoms with Gasteiger partial charge < -0.3 is 5.11 Å². The molecule has 0 bridgehead atoms. The summed E-state index contributed by atoms with van der Waals surface area (Å²) in [5.41, 5.74) is 0. The van der Waals surface area contributed by atoms with Gasteiger partial charge in [-0.25, -0.2) is 0 Å². The lowest BCUT2D eigenvalue weighted by Crippen LogP contribution is -2.47. The number of hydrogen-bond acceptors (Lipinski definition) is 3. The topological polar surface area (TPSA) is 40.5 Å². The Hall–Kier alpha value is -0.220. The molecule has 1 rings (SSSR count). The van der Waals surface area contributed by atoms with Crippen LogP contribution in [0.1, 0.15) is 20.8 Å². The second-order valence-corrected chi connectivity index (χ2v) is 5.54. The van der Waals surface area contributed by atoms with Crippen molar-refractivity contribution in [2.75, 3.05) is 18.8 Å². The molecule has 1 aliphatic heterocycles. The highest BCUT2D eigenvalue weighted by atomic mass is 32.2. The minimum absolute atomic E-state index is 0.257. The van der Waals surface area contributed by atoms with E-state index >= 15 is 0 Å². The van der Waals surface area contributed by atoms with Gasteiger partial charge in [-0.15, -0.1) is 0 Å². The number of rotatable bonds is 3. The minimum atomic E-state index is -0.692. The zero-order chi connectivity index (χ0) is 10.7. The minimum Gasteiger partial charge on any atom is -0.481 e. The molecule has 0 saturated carbocycles. The van der Waals surface area contributed by atoms with E-state index < -0.39 is 5.97 Å². The van der Waals surface area contributed by atoms with Crippen molar-refractivity contribution in [1.29, 1.82) is 0 Å². The van der Waals surface area contributed by atoms with Crippen molar-refractivity contribution in [2.24, 2.45) is 5.92 Å². The third-order valence-corrected chi connectivity index (χ3v) is 4.28. The average Bonchev–Trinajstić information content (AvgIpc) is 2.12. The molecule has 0 amide bonds. The zero-order valence-electron chi connectivity index (χ0n) is 9.06. The number of aliphatic carboxylic acids is 1. The quantitative estimate of drug-likeness (QED) is 0.778. The summed E-state index contributed by atoms with van der Waals surface area (Å²) in [6.45, 7) is 7.88. The first kappa shape index (κ1) is 11.9. The summed E-state index contributed by atoms with van der Waals surface area (Å²) in [5, 5.41) is 9.45. The molecule has 1 saturated heterocycles. The van der Waals surface area contributed by atoms with E-state index in [1.165, 1.54) is 0 Å². The third-order valence-electron chi connectivity index (χ3n) is 2.94. The van der Waals surface area contributed by atoms with E-state index in [2.05, 4.69) is 18.7 Å². The van der Waals surface area contributed by atoms with Crippen LogP contribution in [-0.4, -0.2) is 46.1 Å². The summed E-state index contributed by atoms with van der Waals surface area (Å²) in [6, 6.07) is 0.496. The summed E-state index contributed by atoms with van der Waals surface area (Å²) < 4.78 is 0. The molecule has 4 heteroatoms. The predicted molar refractivity (Wildman–Crippen MR) is 59.8 cm³/mol. The summed E-state index contributed by atoms with van der Waals surface area (Å²) in [4.78, 5) is 13.0. The van der Waals surface area contributed by atoms with E-state index in [-0.39, 0.29) is 5.92 Å². The van der Waals surface area contributed by atoms with Gasteiger partial charge in [-0.1, -0.05) is 13.8 Å². The van der Waals surface area contributed by atoms with Gasteiger partial charge in [0.2, 0.25) is 0 Å². The highest BCUT2D eigenvalue weighted by Crippen LogP contribution is 2.24. The Morgan fingerprint density at radius 1 is 1.64 bits per heavy atom. The van der Waals surface area contributed by atoms with Crippen LogP contribution in [0.3, 0.4) is 0 Å². The first-order valence-electron chi connectivity index (χ1n) is 5.11. The highest BCUT2D eigenvalue weighted by molar-refractivity contribution is 8.00. The number of carbonyl (C=O) groups is 1. The molecule has 0 aliphatic carbocycles. The molecular formula is C10H19NO2S. The van der Waals surface area contributed by atoms with Crippen LogP contribution in [0.5, 0.6) is 0 Å². The maximum Gasteiger partial charge on any atom is 0.307 e. The van der Waals surface area contributed by atoms with E-state index in [9.17, 15) is 4.79 Å². The Kier molecular flexibility index (Phi) is 4.26. The molecule has 3 unspecified atom stereocenters. The van der Waals surface area contributed by atoms with Crippen molar-refractivity contribution in [3.8, 4) is 0 Å². The van der Waals surface area contributed by atoms with Crippen LogP contribution in [0.2, 0.25) is 0 Å². The molecule has 3 nitrogen and oxygen atoms in total. The van der Waals surface area contributed by atoms with Crippen molar-refractivity contribution < 1.29 is 9.90 Å². The molecule has 14 heavy (non-hydrogen) atoms. The van der Waals surface area contributed by atoms with Gasteiger partial charge in [0.05, 0.1) is 5.92 Å². The lowest BCUT2D eigenvalue weighted by atomic mass is 10.1. The van der Waals surface area contributed by atoms with Crippen molar-refractivity contribution in [2.45, 2.75) is 32.1 Å². The van der Waals surface area contributed by atoms with E-state index in [1.54, 1.807) is 6.92 Å². The van der Waals surface area contributed by atoms with Crippen LogP contribution in [0, 0.1) is 5.92 Å². The molecule has 0 spiro atoms. The number of hydrogen-bond donors (Lipinski definition) is 1. The number of thioether (sulfide) groups is 1. The van der Waals surface area contributed by atoms with Gasteiger partial charge >= 0.3 is 5.97 Å². The van der Waals surface area contributed by atoms with Crippen molar-refractivity contribution in [3.63, 3.8) is 0 Å². The Morgan fingerprint density at radius 2 is 2.29 bits per heavy atom. The molecule has 1 fully saturated rings. The van der Waals surface area contributed by atoms with Crippen LogP contribution >= 0.6 is 11.8 Å². The number of carboxylic acids is 1. The maximum atomic E-state index is 10.7. The third kappa shape index (κ3) is 2.89.